The number of carbonyl (C=O) groups is 1. The van der Waals surface area contributed by atoms with Crippen LogP contribution in [0.25, 0.3) is 16.5 Å². The lowest BCUT2D eigenvalue weighted by atomic mass is 9.90. The Morgan fingerprint density at radius 1 is 1.14 bits per heavy atom. The number of hydrogen-bond donors (Lipinski definition) is 1. The van der Waals surface area contributed by atoms with Crippen LogP contribution in [0.4, 0.5) is 11.5 Å². The number of rotatable bonds is 4. The molecule has 1 N–H and O–H groups in total. The maximum atomic E-state index is 12.4. The fraction of sp³-hybridized carbons (Fsp3) is 0.346. The molecule has 0 radical (unpaired) electrons. The molecule has 0 saturated heterocycles. The van der Waals surface area contributed by atoms with Crippen LogP contribution in [0, 0.1) is 6.92 Å². The zero-order valence-electron chi connectivity index (χ0n) is 20.2. The number of benzene rings is 1. The van der Waals surface area contributed by atoms with Crippen LogP contribution in [-0.2, 0) is 16.4 Å². The van der Waals surface area contributed by atoms with Crippen molar-refractivity contribution >= 4 is 43.9 Å². The van der Waals surface area contributed by atoms with E-state index in [2.05, 4.69) is 34.3 Å². The number of aryl methyl sites for hydroxylation is 2. The van der Waals surface area contributed by atoms with Gasteiger partial charge in [-0.1, -0.05) is 12.1 Å². The minimum Gasteiger partial charge on any atom is -0.354 e. The van der Waals surface area contributed by atoms with Crippen LogP contribution >= 0.6 is 0 Å². The summed E-state index contributed by atoms with van der Waals surface area (Å²) < 4.78 is 25.3. The van der Waals surface area contributed by atoms with Crippen LogP contribution in [0.2, 0.25) is 0 Å². The number of pyridine rings is 2. The molecule has 1 amide bonds. The standard InChI is InChI=1S/C26H29N5O3S/c1-17-14-23-19(15-21(17)18-8-12-30(13-9-18)35(3,33)34)7-5-11-31(23)25-24-20(6-4-10-28-24)16-22(29-25)26(32)27-2/h4,6,8,10,14-16H,5,7,9,11-13H2,1-3H3,(H,27,32). The van der Waals surface area contributed by atoms with E-state index >= 15 is 0 Å². The summed E-state index contributed by atoms with van der Waals surface area (Å²) in [5.74, 6) is 0.462. The Morgan fingerprint density at radius 3 is 2.69 bits per heavy atom. The molecule has 0 fully saturated rings. The maximum Gasteiger partial charge on any atom is 0.269 e. The Balaban J connectivity index is 1.57. The van der Waals surface area contributed by atoms with Gasteiger partial charge in [-0.25, -0.2) is 13.4 Å². The number of nitrogens with zero attached hydrogens (tertiary/aromatic N) is 4. The monoisotopic (exact) mass is 491 g/mol. The minimum atomic E-state index is -3.18. The third-order valence-electron chi connectivity index (χ3n) is 6.82. The molecule has 5 rings (SSSR count). The van der Waals surface area contributed by atoms with Crippen molar-refractivity contribution in [1.29, 1.82) is 0 Å². The normalized spacial score (nSPS) is 16.7. The van der Waals surface area contributed by atoms with Gasteiger partial charge in [0.05, 0.1) is 6.26 Å². The van der Waals surface area contributed by atoms with Gasteiger partial charge < -0.3 is 10.2 Å². The highest BCUT2D eigenvalue weighted by atomic mass is 32.2. The number of amides is 1. The number of nitrogens with one attached hydrogen (secondary N) is 1. The van der Waals surface area contributed by atoms with E-state index in [9.17, 15) is 13.2 Å². The lowest BCUT2D eigenvalue weighted by Crippen LogP contribution is -2.33. The van der Waals surface area contributed by atoms with Gasteiger partial charge in [-0.05, 0) is 72.7 Å². The van der Waals surface area contributed by atoms with Crippen molar-refractivity contribution in [3.63, 3.8) is 0 Å². The third-order valence-corrected chi connectivity index (χ3v) is 8.09. The second-order valence-corrected chi connectivity index (χ2v) is 11.1. The number of carbonyl (C=O) groups excluding carboxylic acids is 1. The zero-order chi connectivity index (χ0) is 24.7. The predicted molar refractivity (Wildman–Crippen MR) is 138 cm³/mol. The van der Waals surface area contributed by atoms with Gasteiger partial charge in [0.25, 0.3) is 5.91 Å². The molecule has 0 unspecified atom stereocenters. The van der Waals surface area contributed by atoms with E-state index in [4.69, 9.17) is 4.98 Å². The summed E-state index contributed by atoms with van der Waals surface area (Å²) >= 11 is 0. The molecule has 2 aliphatic heterocycles. The highest BCUT2D eigenvalue weighted by Crippen LogP contribution is 2.39. The molecule has 2 aromatic heterocycles. The molecule has 35 heavy (non-hydrogen) atoms. The van der Waals surface area contributed by atoms with Gasteiger partial charge in [-0.15, -0.1) is 0 Å². The molecule has 9 heteroatoms. The lowest BCUT2D eigenvalue weighted by molar-refractivity contribution is 0.0958. The maximum absolute atomic E-state index is 12.4. The average Bonchev–Trinajstić information content (AvgIpc) is 2.86. The second-order valence-electron chi connectivity index (χ2n) is 9.14. The number of sulfonamides is 1. The van der Waals surface area contributed by atoms with E-state index in [-0.39, 0.29) is 5.91 Å². The van der Waals surface area contributed by atoms with Crippen LogP contribution in [0.1, 0.15) is 40.0 Å². The molecule has 182 valence electrons. The van der Waals surface area contributed by atoms with Crippen LogP contribution < -0.4 is 10.2 Å². The van der Waals surface area contributed by atoms with Crippen molar-refractivity contribution in [3.8, 4) is 0 Å². The van der Waals surface area contributed by atoms with E-state index in [1.165, 1.54) is 27.3 Å². The largest absolute Gasteiger partial charge is 0.354 e. The van der Waals surface area contributed by atoms with Crippen molar-refractivity contribution < 1.29 is 13.2 Å². The number of aromatic nitrogens is 2. The summed E-state index contributed by atoms with van der Waals surface area (Å²) in [4.78, 5) is 24.0. The topological polar surface area (TPSA) is 95.5 Å². The van der Waals surface area contributed by atoms with Crippen molar-refractivity contribution in [3.05, 3.63) is 65.0 Å². The van der Waals surface area contributed by atoms with Crippen molar-refractivity contribution in [2.24, 2.45) is 0 Å². The SMILES string of the molecule is CNC(=O)c1cc2cccnc2c(N2CCCc3cc(C4=CCN(S(C)(=O)=O)CC4)c(C)cc32)n1. The molecule has 0 aliphatic carbocycles. The molecule has 2 aliphatic rings. The fourth-order valence-corrected chi connectivity index (χ4v) is 5.77. The Morgan fingerprint density at radius 2 is 1.97 bits per heavy atom. The molecule has 0 atom stereocenters. The van der Waals surface area contributed by atoms with Gasteiger partial charge in [-0.3, -0.25) is 9.78 Å². The number of hydrogen-bond acceptors (Lipinski definition) is 6. The summed E-state index contributed by atoms with van der Waals surface area (Å²) in [7, 11) is -1.58. The minimum absolute atomic E-state index is 0.229. The van der Waals surface area contributed by atoms with E-state index in [0.29, 0.717) is 31.0 Å². The van der Waals surface area contributed by atoms with E-state index in [1.807, 2.05) is 18.2 Å². The molecular weight excluding hydrogens is 462 g/mol. The summed E-state index contributed by atoms with van der Waals surface area (Å²) in [6.45, 7) is 3.79. The first-order valence-electron chi connectivity index (χ1n) is 11.8. The Kier molecular flexibility index (Phi) is 6.06. The predicted octanol–water partition coefficient (Wildman–Crippen LogP) is 3.43. The van der Waals surface area contributed by atoms with E-state index < -0.39 is 10.0 Å². The molecule has 1 aromatic carbocycles. The smallest absolute Gasteiger partial charge is 0.269 e. The molecular formula is C26H29N5O3S. The zero-order valence-corrected chi connectivity index (χ0v) is 21.0. The van der Waals surface area contributed by atoms with Crippen LogP contribution in [-0.4, -0.2) is 61.5 Å². The quantitative estimate of drug-likeness (QED) is 0.601. The third kappa shape index (κ3) is 4.41. The van der Waals surface area contributed by atoms with E-state index in [1.54, 1.807) is 19.3 Å². The lowest BCUT2D eigenvalue weighted by Gasteiger charge is -2.33. The second kappa shape index (κ2) is 9.05. The molecule has 0 bridgehead atoms. The summed E-state index contributed by atoms with van der Waals surface area (Å²) in [5.41, 5.74) is 6.94. The first kappa shape index (κ1) is 23.4. The molecule has 0 spiro atoms. The summed E-state index contributed by atoms with van der Waals surface area (Å²) in [5, 5.41) is 3.55. The molecule has 8 nitrogen and oxygen atoms in total. The van der Waals surface area contributed by atoms with Gasteiger partial charge in [0.15, 0.2) is 5.82 Å². The van der Waals surface area contributed by atoms with Crippen LogP contribution in [0.5, 0.6) is 0 Å². The fourth-order valence-electron chi connectivity index (χ4n) is 5.00. The van der Waals surface area contributed by atoms with Gasteiger partial charge in [0.1, 0.15) is 11.2 Å². The number of anilines is 2. The average molecular weight is 492 g/mol. The van der Waals surface area contributed by atoms with Gasteiger partial charge in [-0.2, -0.15) is 4.31 Å². The van der Waals surface area contributed by atoms with Crippen LogP contribution in [0.3, 0.4) is 0 Å². The molecule has 4 heterocycles. The van der Waals surface area contributed by atoms with Gasteiger partial charge in [0, 0.05) is 44.0 Å². The Hall–Kier alpha value is -3.30. The van der Waals surface area contributed by atoms with E-state index in [0.717, 1.165) is 41.5 Å². The number of fused-ring (bicyclic) bond motifs is 2. The molecule has 3 aromatic rings. The highest BCUT2D eigenvalue weighted by Gasteiger charge is 2.26. The van der Waals surface area contributed by atoms with Crippen molar-refractivity contribution in [1.82, 2.24) is 19.6 Å². The van der Waals surface area contributed by atoms with Crippen LogP contribution in [0.15, 0.2) is 42.6 Å². The molecule has 0 saturated carbocycles. The summed E-state index contributed by atoms with van der Waals surface area (Å²) in [6.07, 6.45) is 7.64. The van der Waals surface area contributed by atoms with Gasteiger partial charge >= 0.3 is 0 Å². The first-order valence-corrected chi connectivity index (χ1v) is 13.6. The Bertz CT molecular complexity index is 1470. The van der Waals surface area contributed by atoms with Gasteiger partial charge in [0.2, 0.25) is 10.0 Å². The van der Waals surface area contributed by atoms with Crippen molar-refractivity contribution in [2.75, 3.05) is 37.8 Å². The summed E-state index contributed by atoms with van der Waals surface area (Å²) in [6, 6.07) is 10.0. The first-order chi connectivity index (χ1) is 16.8. The van der Waals surface area contributed by atoms with Crippen molar-refractivity contribution in [2.45, 2.75) is 26.2 Å². The highest BCUT2D eigenvalue weighted by molar-refractivity contribution is 7.88. The Labute approximate surface area is 205 Å².